The molecule has 4 amide bonds. The minimum atomic E-state index is -0.831. The molecule has 7 nitrogen and oxygen atoms in total. The predicted molar refractivity (Wildman–Crippen MR) is 118 cm³/mol. The second kappa shape index (κ2) is 8.29. The van der Waals surface area contributed by atoms with Gasteiger partial charge in [0.05, 0.1) is 17.3 Å². The van der Waals surface area contributed by atoms with Crippen LogP contribution in [0.4, 0.5) is 10.5 Å². The molecule has 10 heteroatoms. The highest BCUT2D eigenvalue weighted by Crippen LogP contribution is 2.42. The molecule has 150 valence electrons. The van der Waals surface area contributed by atoms with Crippen molar-refractivity contribution in [3.05, 3.63) is 54.4 Å². The Labute approximate surface area is 191 Å². The van der Waals surface area contributed by atoms with Gasteiger partial charge in [-0.2, -0.15) is 0 Å². The van der Waals surface area contributed by atoms with Gasteiger partial charge in [-0.1, -0.05) is 15.9 Å². The SMILES string of the molecule is COc1cc(/C=C2/C(=O)NC(=O)N(c3ccc(Br)c(C)c3)C2=O)c(Br)c(Br)c1O. The fourth-order valence-corrected chi connectivity index (χ4v) is 3.78. The molecule has 29 heavy (non-hydrogen) atoms. The lowest BCUT2D eigenvalue weighted by Crippen LogP contribution is -2.54. The largest absolute Gasteiger partial charge is 0.503 e. The number of aryl methyl sites for hydroxylation is 1. The van der Waals surface area contributed by atoms with E-state index in [1.54, 1.807) is 18.2 Å². The van der Waals surface area contributed by atoms with Gasteiger partial charge >= 0.3 is 6.03 Å². The van der Waals surface area contributed by atoms with E-state index in [0.29, 0.717) is 20.2 Å². The normalized spacial score (nSPS) is 15.7. The molecule has 1 fully saturated rings. The Kier molecular flexibility index (Phi) is 6.16. The molecule has 2 aromatic carbocycles. The number of halogens is 3. The van der Waals surface area contributed by atoms with Crippen LogP contribution in [0.5, 0.6) is 11.5 Å². The highest BCUT2D eigenvalue weighted by atomic mass is 79.9. The summed E-state index contributed by atoms with van der Waals surface area (Å²) in [6.45, 7) is 1.82. The number of methoxy groups -OCH3 is 1. The van der Waals surface area contributed by atoms with Crippen LogP contribution in [0.25, 0.3) is 6.08 Å². The average molecular weight is 589 g/mol. The molecule has 1 heterocycles. The number of imide groups is 2. The van der Waals surface area contributed by atoms with E-state index in [4.69, 9.17) is 4.74 Å². The van der Waals surface area contributed by atoms with E-state index >= 15 is 0 Å². The number of benzene rings is 2. The summed E-state index contributed by atoms with van der Waals surface area (Å²) in [5.41, 5.74) is 1.30. The van der Waals surface area contributed by atoms with Gasteiger partial charge in [-0.25, -0.2) is 9.69 Å². The smallest absolute Gasteiger partial charge is 0.335 e. The summed E-state index contributed by atoms with van der Waals surface area (Å²) in [6, 6.07) is 5.59. The van der Waals surface area contributed by atoms with Crippen molar-refractivity contribution in [2.45, 2.75) is 6.92 Å². The first kappa shape index (κ1) is 21.5. The van der Waals surface area contributed by atoms with Gasteiger partial charge in [-0.3, -0.25) is 14.9 Å². The number of nitrogens with zero attached hydrogens (tertiary/aromatic N) is 1. The zero-order valence-corrected chi connectivity index (χ0v) is 19.8. The number of anilines is 1. The van der Waals surface area contributed by atoms with Gasteiger partial charge in [0.2, 0.25) is 0 Å². The summed E-state index contributed by atoms with van der Waals surface area (Å²) in [5, 5.41) is 12.2. The summed E-state index contributed by atoms with van der Waals surface area (Å²) in [6.07, 6.45) is 1.32. The monoisotopic (exact) mass is 586 g/mol. The first-order chi connectivity index (χ1) is 13.6. The van der Waals surface area contributed by atoms with Gasteiger partial charge in [0, 0.05) is 8.95 Å². The Hall–Kier alpha value is -2.17. The topological polar surface area (TPSA) is 95.9 Å². The quantitative estimate of drug-likeness (QED) is 0.402. The lowest BCUT2D eigenvalue weighted by atomic mass is 10.1. The summed E-state index contributed by atoms with van der Waals surface area (Å²) in [4.78, 5) is 38.6. The number of urea groups is 1. The molecule has 0 aromatic heterocycles. The van der Waals surface area contributed by atoms with Crippen LogP contribution in [0.2, 0.25) is 0 Å². The molecule has 0 unspecified atom stereocenters. The molecule has 0 atom stereocenters. The van der Waals surface area contributed by atoms with Crippen LogP contribution in [-0.4, -0.2) is 30.1 Å². The van der Waals surface area contributed by atoms with Crippen molar-refractivity contribution in [2.24, 2.45) is 0 Å². The van der Waals surface area contributed by atoms with Gasteiger partial charge in [-0.05, 0) is 80.3 Å². The lowest BCUT2D eigenvalue weighted by molar-refractivity contribution is -0.122. The van der Waals surface area contributed by atoms with E-state index in [-0.39, 0.29) is 17.1 Å². The number of aromatic hydroxyl groups is 1. The van der Waals surface area contributed by atoms with Gasteiger partial charge in [0.15, 0.2) is 11.5 Å². The molecule has 0 aliphatic carbocycles. The van der Waals surface area contributed by atoms with Crippen LogP contribution in [0.15, 0.2) is 43.3 Å². The maximum absolute atomic E-state index is 13.0. The van der Waals surface area contributed by atoms with Crippen molar-refractivity contribution in [1.29, 1.82) is 0 Å². The summed E-state index contributed by atoms with van der Waals surface area (Å²) in [7, 11) is 1.38. The molecular weight excluding hydrogens is 576 g/mol. The van der Waals surface area contributed by atoms with Crippen molar-refractivity contribution in [3.63, 3.8) is 0 Å². The van der Waals surface area contributed by atoms with Crippen molar-refractivity contribution >= 4 is 77.4 Å². The van der Waals surface area contributed by atoms with Crippen LogP contribution < -0.4 is 15.0 Å². The van der Waals surface area contributed by atoms with Crippen molar-refractivity contribution in [3.8, 4) is 11.5 Å². The lowest BCUT2D eigenvalue weighted by Gasteiger charge is -2.27. The molecule has 0 radical (unpaired) electrons. The van der Waals surface area contributed by atoms with Crippen LogP contribution in [0.3, 0.4) is 0 Å². The summed E-state index contributed by atoms with van der Waals surface area (Å²) >= 11 is 9.92. The number of phenols is 1. The van der Waals surface area contributed by atoms with Gasteiger partial charge < -0.3 is 9.84 Å². The van der Waals surface area contributed by atoms with E-state index < -0.39 is 17.8 Å². The Balaban J connectivity index is 2.11. The number of amides is 4. The Morgan fingerprint density at radius 1 is 1.10 bits per heavy atom. The fraction of sp³-hybridized carbons (Fsp3) is 0.105. The molecule has 3 rings (SSSR count). The van der Waals surface area contributed by atoms with Crippen molar-refractivity contribution in [1.82, 2.24) is 5.32 Å². The number of carbonyl (C=O) groups excluding carboxylic acids is 3. The standard InChI is InChI=1S/C19H13Br3N2O5/c1-8-5-10(3-4-12(8)20)24-18(27)11(17(26)23-19(24)28)6-9-7-13(29-2)16(25)15(22)14(9)21/h3-7,25H,1-2H3,(H,23,26,28)/b11-6-. The second-order valence-electron chi connectivity index (χ2n) is 6.04. The molecule has 1 aliphatic heterocycles. The fourth-order valence-electron chi connectivity index (χ4n) is 2.69. The number of nitrogens with one attached hydrogen (secondary N) is 1. The van der Waals surface area contributed by atoms with Crippen molar-refractivity contribution in [2.75, 3.05) is 12.0 Å². The van der Waals surface area contributed by atoms with E-state index in [2.05, 4.69) is 53.1 Å². The van der Waals surface area contributed by atoms with Gasteiger partial charge in [-0.15, -0.1) is 0 Å². The maximum atomic E-state index is 13.0. The number of hydrogen-bond acceptors (Lipinski definition) is 5. The van der Waals surface area contributed by atoms with E-state index in [9.17, 15) is 19.5 Å². The molecule has 0 spiro atoms. The zero-order valence-electron chi connectivity index (χ0n) is 15.0. The van der Waals surface area contributed by atoms with E-state index in [1.807, 2.05) is 6.92 Å². The number of rotatable bonds is 3. The third kappa shape index (κ3) is 3.96. The maximum Gasteiger partial charge on any atom is 0.335 e. The van der Waals surface area contributed by atoms with Gasteiger partial charge in [0.25, 0.3) is 11.8 Å². The molecule has 2 N–H and O–H groups in total. The van der Waals surface area contributed by atoms with Crippen molar-refractivity contribution < 1.29 is 24.2 Å². The number of phenolic OH excluding ortho intramolecular Hbond substituents is 1. The molecule has 2 aromatic rings. The van der Waals surface area contributed by atoms with E-state index in [0.717, 1.165) is 14.9 Å². The predicted octanol–water partition coefficient (Wildman–Crippen LogP) is 4.66. The molecule has 0 bridgehead atoms. The highest BCUT2D eigenvalue weighted by molar-refractivity contribution is 9.13. The Bertz CT molecular complexity index is 1100. The van der Waals surface area contributed by atoms with Crippen LogP contribution in [-0.2, 0) is 9.59 Å². The first-order valence-electron chi connectivity index (χ1n) is 8.08. The Morgan fingerprint density at radius 3 is 2.41 bits per heavy atom. The molecule has 1 saturated heterocycles. The van der Waals surface area contributed by atoms with Crippen LogP contribution in [0, 0.1) is 6.92 Å². The molecule has 1 aliphatic rings. The number of carbonyl (C=O) groups is 3. The average Bonchev–Trinajstić information content (AvgIpc) is 2.67. The number of hydrogen-bond donors (Lipinski definition) is 2. The summed E-state index contributed by atoms with van der Waals surface area (Å²) < 4.78 is 6.64. The summed E-state index contributed by atoms with van der Waals surface area (Å²) in [5.74, 6) is -1.58. The molecular formula is C19H13Br3N2O5. The van der Waals surface area contributed by atoms with Crippen LogP contribution >= 0.6 is 47.8 Å². The number of barbiturate groups is 1. The Morgan fingerprint density at radius 2 is 1.79 bits per heavy atom. The number of ether oxygens (including phenoxy) is 1. The first-order valence-corrected chi connectivity index (χ1v) is 10.5. The minimum Gasteiger partial charge on any atom is -0.503 e. The minimum absolute atomic E-state index is 0.136. The van der Waals surface area contributed by atoms with E-state index in [1.165, 1.54) is 19.3 Å². The second-order valence-corrected chi connectivity index (χ2v) is 8.48. The molecule has 0 saturated carbocycles. The third-order valence-electron chi connectivity index (χ3n) is 4.20. The highest BCUT2D eigenvalue weighted by Gasteiger charge is 2.37. The zero-order chi connectivity index (χ0) is 21.5. The van der Waals surface area contributed by atoms with Gasteiger partial charge in [0.1, 0.15) is 5.57 Å². The third-order valence-corrected chi connectivity index (χ3v) is 7.24. The van der Waals surface area contributed by atoms with Crippen LogP contribution in [0.1, 0.15) is 11.1 Å².